The summed E-state index contributed by atoms with van der Waals surface area (Å²) in [7, 11) is 0. The number of nitrogens with zero attached hydrogens (tertiary/aromatic N) is 4. The summed E-state index contributed by atoms with van der Waals surface area (Å²) in [6, 6.07) is 0. The fraction of sp³-hybridized carbons (Fsp3) is 1.00. The van der Waals surface area contributed by atoms with Gasteiger partial charge in [-0.15, -0.1) is 0 Å². The van der Waals surface area contributed by atoms with Gasteiger partial charge in [0.15, 0.2) is 0 Å². The summed E-state index contributed by atoms with van der Waals surface area (Å²) in [5.41, 5.74) is -16.7. The van der Waals surface area contributed by atoms with Crippen molar-refractivity contribution in [3.05, 3.63) is 5.21 Å². The molecule has 31 heteroatoms. The zero-order valence-corrected chi connectivity index (χ0v) is 17.1. The lowest BCUT2D eigenvalue weighted by molar-refractivity contribution is -0.777. The minimum Gasteiger partial charge on any atom is -0.597 e. The first-order chi connectivity index (χ1) is 17.3. The standard InChI is InChI=1S/C10F24N4O3/c11-3(12,13)1(4(14,15)16,40-36(7(23,24)25)8(26,27)28)35-38(39)2(5(17,18)19,6(20,21)22)41-37(9(29,30)31)10(32,33)34. The van der Waals surface area contributed by atoms with Gasteiger partial charge in [-0.05, 0) is 4.86 Å². The van der Waals surface area contributed by atoms with E-state index in [2.05, 4.69) is 0 Å². The lowest BCUT2D eigenvalue weighted by Crippen LogP contribution is -2.70. The second-order valence-electron chi connectivity index (χ2n) is 6.29. The van der Waals surface area contributed by atoms with Crippen molar-refractivity contribution in [1.82, 2.24) is 10.1 Å². The van der Waals surface area contributed by atoms with E-state index in [1.807, 2.05) is 0 Å². The molecule has 41 heavy (non-hydrogen) atoms. The van der Waals surface area contributed by atoms with Crippen LogP contribution in [0.5, 0.6) is 0 Å². The first kappa shape index (κ1) is 38.6. The van der Waals surface area contributed by atoms with Crippen LogP contribution in [0.25, 0.3) is 0 Å². The molecule has 0 atom stereocenters. The molecule has 246 valence electrons. The predicted molar refractivity (Wildman–Crippen MR) is 65.8 cm³/mol. The van der Waals surface area contributed by atoms with Crippen molar-refractivity contribution in [3.63, 3.8) is 0 Å². The van der Waals surface area contributed by atoms with Crippen LogP contribution in [0.15, 0.2) is 5.11 Å². The van der Waals surface area contributed by atoms with E-state index in [-0.39, 0.29) is 5.11 Å². The lowest BCUT2D eigenvalue weighted by Gasteiger charge is -2.38. The highest BCUT2D eigenvalue weighted by atomic mass is 19.5. The number of azo groups is 1. The van der Waals surface area contributed by atoms with Crippen LogP contribution in [0, 0.1) is 5.21 Å². The Balaban J connectivity index is 8.22. The highest BCUT2D eigenvalue weighted by Gasteiger charge is 2.88. The van der Waals surface area contributed by atoms with Gasteiger partial charge < -0.3 is 5.21 Å². The molecule has 0 spiro atoms. The Morgan fingerprint density at radius 1 is 0.415 bits per heavy atom. The Morgan fingerprint density at radius 2 is 0.659 bits per heavy atom. The molecule has 0 bridgehead atoms. The van der Waals surface area contributed by atoms with Crippen LogP contribution >= 0.6 is 0 Å². The summed E-state index contributed by atoms with van der Waals surface area (Å²) < 4.78 is 308. The van der Waals surface area contributed by atoms with Gasteiger partial charge in [0, 0.05) is 15.2 Å². The van der Waals surface area contributed by atoms with Crippen molar-refractivity contribution < 1.29 is 120 Å². The van der Waals surface area contributed by atoms with Crippen LogP contribution in [0.4, 0.5) is 105 Å². The van der Waals surface area contributed by atoms with E-state index < -0.39 is 76.3 Å². The van der Waals surface area contributed by atoms with Gasteiger partial charge in [-0.25, -0.2) is 4.84 Å². The summed E-state index contributed by atoms with van der Waals surface area (Å²) in [6.07, 6.45) is -64.6. The number of hydrogen-bond acceptors (Lipinski definition) is 6. The Bertz CT molecular complexity index is 871. The number of rotatable bonds is 6. The number of hydrogen-bond donors (Lipinski definition) is 0. The maximum absolute atomic E-state index is 13.2. The summed E-state index contributed by atoms with van der Waals surface area (Å²) in [5, 5.41) is 2.54. The number of hydroxylamine groups is 5. The number of alkyl halides is 24. The summed E-state index contributed by atoms with van der Waals surface area (Å²) >= 11 is 0. The fourth-order valence-electron chi connectivity index (χ4n) is 1.87. The topological polar surface area (TPSA) is 63.4 Å². The second kappa shape index (κ2) is 10.4. The summed E-state index contributed by atoms with van der Waals surface area (Å²) in [6.45, 7) is 0. The Labute approximate surface area is 203 Å². The van der Waals surface area contributed by atoms with Crippen LogP contribution in [0.3, 0.4) is 0 Å². The van der Waals surface area contributed by atoms with Gasteiger partial charge in [0.25, 0.3) is 0 Å². The zero-order chi connectivity index (χ0) is 33.9. The molecule has 0 aromatic carbocycles. The van der Waals surface area contributed by atoms with E-state index in [1.54, 1.807) is 0 Å². The lowest BCUT2D eigenvalue weighted by atomic mass is 10.2. The average molecular weight is 680 g/mol. The normalized spacial score (nSPS) is 16.7. The van der Waals surface area contributed by atoms with E-state index in [4.69, 9.17) is 0 Å². The zero-order valence-electron chi connectivity index (χ0n) is 17.1. The van der Waals surface area contributed by atoms with Crippen molar-refractivity contribution in [2.45, 2.75) is 61.4 Å². The molecule has 0 amide bonds. The quantitative estimate of drug-likeness (QED) is 0.0746. The molecular weight excluding hydrogens is 680 g/mol. The van der Waals surface area contributed by atoms with Crippen LogP contribution < -0.4 is 0 Å². The van der Waals surface area contributed by atoms with Crippen molar-refractivity contribution >= 4 is 0 Å². The van der Waals surface area contributed by atoms with Crippen LogP contribution in [0.1, 0.15) is 0 Å². The van der Waals surface area contributed by atoms with Crippen LogP contribution in [0.2, 0.25) is 0 Å². The van der Waals surface area contributed by atoms with Crippen molar-refractivity contribution in [2.24, 2.45) is 5.11 Å². The molecule has 0 aliphatic carbocycles. The fourth-order valence-corrected chi connectivity index (χ4v) is 1.87. The van der Waals surface area contributed by atoms with E-state index in [0.29, 0.717) is 0 Å². The van der Waals surface area contributed by atoms with E-state index in [9.17, 15) is 111 Å². The third-order valence-corrected chi connectivity index (χ3v) is 3.41. The predicted octanol–water partition coefficient (Wildman–Crippen LogP) is 7.14. The molecule has 0 heterocycles. The van der Waals surface area contributed by atoms with Gasteiger partial charge in [-0.2, -0.15) is 110 Å². The molecule has 0 saturated heterocycles. The summed E-state index contributed by atoms with van der Waals surface area (Å²) in [5.74, 6) is 0. The van der Waals surface area contributed by atoms with Gasteiger partial charge in [0.2, 0.25) is 0 Å². The maximum atomic E-state index is 13.2. The third-order valence-electron chi connectivity index (χ3n) is 3.41. The smallest absolute Gasteiger partial charge is 0.511 e. The molecule has 0 radical (unpaired) electrons. The first-order valence-corrected chi connectivity index (χ1v) is 8.03. The molecule has 7 nitrogen and oxygen atoms in total. The van der Waals surface area contributed by atoms with E-state index >= 15 is 0 Å². The van der Waals surface area contributed by atoms with Crippen molar-refractivity contribution in [2.75, 3.05) is 0 Å². The van der Waals surface area contributed by atoms with Gasteiger partial charge in [0.05, 0.1) is 0 Å². The molecule has 0 rings (SSSR count). The molecule has 0 saturated carbocycles. The molecule has 0 unspecified atom stereocenters. The largest absolute Gasteiger partial charge is 0.597 e. The Morgan fingerprint density at radius 3 is 0.854 bits per heavy atom. The molecule has 0 aliphatic rings. The van der Waals surface area contributed by atoms with E-state index in [0.717, 1.165) is 0 Å². The summed E-state index contributed by atoms with van der Waals surface area (Å²) in [4.78, 5) is -1.58. The van der Waals surface area contributed by atoms with Crippen molar-refractivity contribution in [1.29, 1.82) is 0 Å². The monoisotopic (exact) mass is 680 g/mol. The molecule has 0 N–H and O–H groups in total. The average Bonchev–Trinajstić information content (AvgIpc) is 2.56. The van der Waals surface area contributed by atoms with Crippen LogP contribution in [-0.2, 0) is 9.68 Å². The van der Waals surface area contributed by atoms with Crippen molar-refractivity contribution in [3.8, 4) is 0 Å². The third kappa shape index (κ3) is 7.70. The number of halogens is 24. The minimum absolute atomic E-state index is 0.223. The van der Waals surface area contributed by atoms with Gasteiger partial charge in [-0.3, -0.25) is 0 Å². The second-order valence-corrected chi connectivity index (χ2v) is 6.29. The highest BCUT2D eigenvalue weighted by Crippen LogP contribution is 2.54. The van der Waals surface area contributed by atoms with E-state index in [1.165, 1.54) is 9.68 Å². The molecular formula is C10F24N4O3. The minimum atomic E-state index is -8.46. The first-order valence-electron chi connectivity index (χ1n) is 8.03. The molecule has 0 aromatic rings. The molecule has 0 fully saturated rings. The van der Waals surface area contributed by atoms with Gasteiger partial charge in [-0.1, -0.05) is 0 Å². The Hall–Kier alpha value is -2.44. The van der Waals surface area contributed by atoms with Gasteiger partial charge in [0.1, 0.15) is 0 Å². The maximum Gasteiger partial charge on any atom is 0.511 e. The SMILES string of the molecule is [O-][N+](=NC(ON(C(F)(F)F)C(F)(F)F)(C(F)(F)F)C(F)(F)F)C(ON(C(F)(F)F)C(F)(F)F)(C(F)(F)F)C(F)(F)F. The molecule has 0 aromatic heterocycles. The van der Waals surface area contributed by atoms with Crippen LogP contribution in [-0.4, -0.2) is 76.3 Å². The highest BCUT2D eigenvalue weighted by molar-refractivity contribution is 4.93. The molecule has 0 aliphatic heterocycles. The Kier molecular flexibility index (Phi) is 9.76. The van der Waals surface area contributed by atoms with Gasteiger partial charge >= 0.3 is 61.4 Å².